The third kappa shape index (κ3) is 1.08. The van der Waals surface area contributed by atoms with Crippen LogP contribution in [0, 0.1) is 0 Å². The van der Waals surface area contributed by atoms with E-state index in [1.54, 1.807) is 6.20 Å². The molecule has 0 aromatic heterocycles. The van der Waals surface area contributed by atoms with Crippen molar-refractivity contribution in [1.82, 2.24) is 10.9 Å². The summed E-state index contributed by atoms with van der Waals surface area (Å²) in [5.74, 6) is 0. The minimum absolute atomic E-state index is 0.375. The van der Waals surface area contributed by atoms with Crippen LogP contribution >= 0.6 is 11.6 Å². The first-order valence-corrected chi connectivity index (χ1v) is 2.48. The van der Waals surface area contributed by atoms with Crippen molar-refractivity contribution in [3.8, 4) is 0 Å². The summed E-state index contributed by atoms with van der Waals surface area (Å²) in [5.41, 5.74) is 5.55. The number of hydrazine groups is 1. The lowest BCUT2D eigenvalue weighted by atomic mass is 10.4. The molecule has 1 atom stereocenters. The van der Waals surface area contributed by atoms with Crippen LogP contribution in [0.3, 0.4) is 0 Å². The summed E-state index contributed by atoms with van der Waals surface area (Å²) in [6.45, 7) is 1.87. The van der Waals surface area contributed by atoms with Crippen molar-refractivity contribution in [1.29, 1.82) is 0 Å². The van der Waals surface area contributed by atoms with Crippen molar-refractivity contribution in [3.05, 3.63) is 12.3 Å². The van der Waals surface area contributed by atoms with Crippen LogP contribution in [-0.2, 0) is 0 Å². The lowest BCUT2D eigenvalue weighted by molar-refractivity contribution is 0.572. The fraction of sp³-hybridized carbons (Fsp3) is 0.500. The summed E-state index contributed by atoms with van der Waals surface area (Å²) in [5, 5.41) is 0. The minimum atomic E-state index is -0.375. The molecule has 0 aromatic rings. The minimum Gasteiger partial charge on any atom is -0.327 e. The average molecular weight is 119 g/mol. The normalized spacial score (nSPS) is 38.6. The number of halogens is 1. The van der Waals surface area contributed by atoms with Gasteiger partial charge >= 0.3 is 0 Å². The highest BCUT2D eigenvalue weighted by Crippen LogP contribution is 2.12. The Morgan fingerprint density at radius 1 is 1.71 bits per heavy atom. The summed E-state index contributed by atoms with van der Waals surface area (Å²) in [6.07, 6.45) is 3.61. The predicted octanol–water partition coefficient (Wildman–Crippen LogP) is 0.563. The van der Waals surface area contributed by atoms with Gasteiger partial charge in [0.1, 0.15) is 5.00 Å². The van der Waals surface area contributed by atoms with Crippen LogP contribution in [0.5, 0.6) is 0 Å². The zero-order valence-corrected chi connectivity index (χ0v) is 4.79. The van der Waals surface area contributed by atoms with Crippen LogP contribution in [-0.4, -0.2) is 5.00 Å². The fourth-order valence-electron chi connectivity index (χ4n) is 0.423. The molecule has 0 aromatic carbocycles. The lowest BCUT2D eigenvalue weighted by Crippen LogP contribution is -2.36. The summed E-state index contributed by atoms with van der Waals surface area (Å²) < 4.78 is 0. The van der Waals surface area contributed by atoms with E-state index in [-0.39, 0.29) is 5.00 Å². The van der Waals surface area contributed by atoms with Gasteiger partial charge in [-0.25, -0.2) is 5.43 Å². The second-order valence-corrected chi connectivity index (χ2v) is 2.46. The van der Waals surface area contributed by atoms with Crippen molar-refractivity contribution in [2.45, 2.75) is 11.9 Å². The van der Waals surface area contributed by atoms with Gasteiger partial charge in [-0.1, -0.05) is 11.6 Å². The van der Waals surface area contributed by atoms with Gasteiger partial charge in [0.25, 0.3) is 0 Å². The Balaban J connectivity index is 2.57. The Bertz CT molecular complexity index is 97.9. The molecular weight excluding hydrogens is 112 g/mol. The van der Waals surface area contributed by atoms with Crippen molar-refractivity contribution in [3.63, 3.8) is 0 Å². The van der Waals surface area contributed by atoms with Crippen molar-refractivity contribution < 1.29 is 0 Å². The molecule has 0 spiro atoms. The number of hydrogen-bond acceptors (Lipinski definition) is 2. The lowest BCUT2D eigenvalue weighted by Gasteiger charge is -2.10. The van der Waals surface area contributed by atoms with E-state index in [0.29, 0.717) is 0 Å². The Labute approximate surface area is 47.5 Å². The summed E-state index contributed by atoms with van der Waals surface area (Å²) in [6, 6.07) is 0. The zero-order chi connectivity index (χ0) is 5.33. The molecule has 2 nitrogen and oxygen atoms in total. The first-order chi connectivity index (χ1) is 3.21. The zero-order valence-electron chi connectivity index (χ0n) is 4.03. The van der Waals surface area contributed by atoms with Crippen LogP contribution in [0.4, 0.5) is 0 Å². The molecule has 3 heteroatoms. The highest BCUT2D eigenvalue weighted by Gasteiger charge is 2.17. The number of alkyl halides is 1. The molecule has 0 aliphatic carbocycles. The molecule has 1 unspecified atom stereocenters. The molecule has 0 radical (unpaired) electrons. The average Bonchev–Trinajstić information content (AvgIpc) is 1.84. The van der Waals surface area contributed by atoms with E-state index >= 15 is 0 Å². The van der Waals surface area contributed by atoms with Gasteiger partial charge in [-0.3, -0.25) is 0 Å². The maximum absolute atomic E-state index is 5.71. The molecule has 1 aliphatic heterocycles. The van der Waals surface area contributed by atoms with Crippen molar-refractivity contribution in [2.24, 2.45) is 0 Å². The van der Waals surface area contributed by atoms with Gasteiger partial charge in [-0.2, -0.15) is 0 Å². The van der Waals surface area contributed by atoms with E-state index in [0.717, 1.165) is 0 Å². The predicted molar refractivity (Wildman–Crippen MR) is 29.7 cm³/mol. The van der Waals surface area contributed by atoms with Crippen molar-refractivity contribution >= 4 is 11.6 Å². The molecule has 0 bridgehead atoms. The Hall–Kier alpha value is -0.210. The van der Waals surface area contributed by atoms with Crippen LogP contribution < -0.4 is 10.9 Å². The van der Waals surface area contributed by atoms with Gasteiger partial charge in [-0.05, 0) is 13.0 Å². The van der Waals surface area contributed by atoms with Gasteiger partial charge < -0.3 is 5.43 Å². The second kappa shape index (κ2) is 1.39. The Morgan fingerprint density at radius 2 is 2.43 bits per heavy atom. The van der Waals surface area contributed by atoms with Gasteiger partial charge in [0.15, 0.2) is 0 Å². The smallest absolute Gasteiger partial charge is 0.127 e. The van der Waals surface area contributed by atoms with Gasteiger partial charge in [-0.15, -0.1) is 0 Å². The molecule has 7 heavy (non-hydrogen) atoms. The largest absolute Gasteiger partial charge is 0.327 e. The highest BCUT2D eigenvalue weighted by atomic mass is 35.5. The van der Waals surface area contributed by atoms with Crippen LogP contribution in [0.1, 0.15) is 6.92 Å². The van der Waals surface area contributed by atoms with E-state index < -0.39 is 0 Å². The third-order valence-electron chi connectivity index (χ3n) is 0.796. The molecule has 1 aliphatic rings. The van der Waals surface area contributed by atoms with E-state index in [4.69, 9.17) is 11.6 Å². The van der Waals surface area contributed by atoms with Gasteiger partial charge in [0.05, 0.1) is 0 Å². The van der Waals surface area contributed by atoms with E-state index in [9.17, 15) is 0 Å². The van der Waals surface area contributed by atoms with E-state index in [1.165, 1.54) is 0 Å². The molecule has 2 N–H and O–H groups in total. The van der Waals surface area contributed by atoms with Crippen LogP contribution in [0.2, 0.25) is 0 Å². The third-order valence-corrected chi connectivity index (χ3v) is 1.02. The first kappa shape index (κ1) is 4.94. The topological polar surface area (TPSA) is 24.1 Å². The quantitative estimate of drug-likeness (QED) is 0.359. The van der Waals surface area contributed by atoms with Crippen LogP contribution in [0.25, 0.3) is 0 Å². The Morgan fingerprint density at radius 3 is 2.57 bits per heavy atom. The van der Waals surface area contributed by atoms with Gasteiger partial charge in [0, 0.05) is 6.20 Å². The summed E-state index contributed by atoms with van der Waals surface area (Å²) in [4.78, 5) is -0.375. The molecular formula is C4H7ClN2. The molecule has 0 fully saturated rings. The standard InChI is InChI=1S/C4H7ClN2/c1-4(5)2-3-6-7-4/h2-3,6-7H,1H3. The number of nitrogens with one attached hydrogen (secondary N) is 2. The van der Waals surface area contributed by atoms with E-state index in [2.05, 4.69) is 10.9 Å². The molecule has 40 valence electrons. The molecule has 0 amide bonds. The van der Waals surface area contributed by atoms with E-state index in [1.807, 2.05) is 13.0 Å². The highest BCUT2D eigenvalue weighted by molar-refractivity contribution is 6.24. The first-order valence-electron chi connectivity index (χ1n) is 2.10. The number of hydrogen-bond donors (Lipinski definition) is 2. The SMILES string of the molecule is CC1(Cl)C=CNN1. The summed E-state index contributed by atoms with van der Waals surface area (Å²) in [7, 11) is 0. The van der Waals surface area contributed by atoms with Gasteiger partial charge in [0.2, 0.25) is 0 Å². The summed E-state index contributed by atoms with van der Waals surface area (Å²) >= 11 is 5.71. The Kier molecular flexibility index (Phi) is 0.978. The van der Waals surface area contributed by atoms with Crippen LogP contribution in [0.15, 0.2) is 12.3 Å². The second-order valence-electron chi connectivity index (χ2n) is 1.68. The molecule has 0 saturated heterocycles. The van der Waals surface area contributed by atoms with Crippen molar-refractivity contribution in [2.75, 3.05) is 0 Å². The molecule has 1 heterocycles. The monoisotopic (exact) mass is 118 g/mol. The molecule has 1 rings (SSSR count). The maximum Gasteiger partial charge on any atom is 0.127 e. The molecule has 0 saturated carbocycles. The maximum atomic E-state index is 5.71. The fourth-order valence-corrected chi connectivity index (χ4v) is 0.540. The number of rotatable bonds is 0.